The third kappa shape index (κ3) is 4.84. The topological polar surface area (TPSA) is 76.6 Å². The minimum Gasteiger partial charge on any atom is -0.496 e. The van der Waals surface area contributed by atoms with Crippen molar-refractivity contribution in [2.45, 2.75) is 12.5 Å². The van der Waals surface area contributed by atoms with Gasteiger partial charge in [-0.05, 0) is 11.6 Å². The molecule has 0 radical (unpaired) electrons. The summed E-state index contributed by atoms with van der Waals surface area (Å²) < 4.78 is 10.9. The zero-order valence-electron chi connectivity index (χ0n) is 16.8. The van der Waals surface area contributed by atoms with Gasteiger partial charge in [-0.3, -0.25) is 15.0 Å². The van der Waals surface area contributed by atoms with Crippen LogP contribution in [0, 0.1) is 0 Å². The van der Waals surface area contributed by atoms with E-state index in [1.807, 2.05) is 54.6 Å². The fraction of sp³-hybridized carbons (Fsp3) is 0.318. The molecule has 1 N–H and O–H groups in total. The molecule has 4 rings (SSSR count). The molecule has 0 aliphatic carbocycles. The lowest BCUT2D eigenvalue weighted by Crippen LogP contribution is -2.43. The van der Waals surface area contributed by atoms with Crippen molar-refractivity contribution in [1.82, 2.24) is 15.1 Å². The minimum atomic E-state index is -0.392. The molecule has 8 heteroatoms. The van der Waals surface area contributed by atoms with E-state index in [2.05, 4.69) is 20.4 Å². The molecule has 30 heavy (non-hydrogen) atoms. The summed E-state index contributed by atoms with van der Waals surface area (Å²) in [4.78, 5) is 15.3. The number of methoxy groups -OCH3 is 1. The first kappa shape index (κ1) is 20.5. The van der Waals surface area contributed by atoms with Gasteiger partial charge < -0.3 is 9.47 Å². The second-order valence-corrected chi connectivity index (χ2v) is 8.00. The standard InChI is InChI=1S/C22H24N4O3S/c1-28-18-10-6-5-9-17(18)15-19-24-25-22(30-19)23-21(27)20(16-7-3-2-4-8-16)26-11-13-29-14-12-26/h2-10,20H,11-15H2,1H3,(H,23,25,27)/t20-/m0/s1. The van der Waals surface area contributed by atoms with Crippen LogP contribution in [0.2, 0.25) is 0 Å². The van der Waals surface area contributed by atoms with Crippen LogP contribution in [-0.2, 0) is 16.0 Å². The molecule has 0 saturated carbocycles. The molecule has 0 bridgehead atoms. The molecule has 3 aromatic rings. The molecule has 0 spiro atoms. The number of morpholine rings is 1. The summed E-state index contributed by atoms with van der Waals surface area (Å²) in [7, 11) is 1.65. The predicted octanol–water partition coefficient (Wildman–Crippen LogP) is 3.15. The summed E-state index contributed by atoms with van der Waals surface area (Å²) in [6.45, 7) is 2.67. The second kappa shape index (κ2) is 9.80. The number of nitrogens with one attached hydrogen (secondary N) is 1. The summed E-state index contributed by atoms with van der Waals surface area (Å²) in [5, 5.41) is 12.7. The molecule has 2 aromatic carbocycles. The third-order valence-electron chi connectivity index (χ3n) is 5.01. The first-order chi connectivity index (χ1) is 14.7. The van der Waals surface area contributed by atoms with E-state index in [-0.39, 0.29) is 5.91 Å². The van der Waals surface area contributed by atoms with Gasteiger partial charge in [0.1, 0.15) is 16.8 Å². The van der Waals surface area contributed by atoms with E-state index >= 15 is 0 Å². The molecule has 1 amide bonds. The minimum absolute atomic E-state index is 0.108. The molecule has 1 aliphatic heterocycles. The smallest absolute Gasteiger partial charge is 0.248 e. The normalized spacial score (nSPS) is 15.5. The summed E-state index contributed by atoms with van der Waals surface area (Å²) >= 11 is 1.38. The van der Waals surface area contributed by atoms with Crippen LogP contribution in [-0.4, -0.2) is 54.4 Å². The highest BCUT2D eigenvalue weighted by Gasteiger charge is 2.29. The van der Waals surface area contributed by atoms with Crippen molar-refractivity contribution in [3.8, 4) is 5.75 Å². The van der Waals surface area contributed by atoms with Gasteiger partial charge in [0, 0.05) is 25.1 Å². The number of carbonyl (C=O) groups excluding carboxylic acids is 1. The Labute approximate surface area is 179 Å². The number of benzene rings is 2. The molecule has 156 valence electrons. The van der Waals surface area contributed by atoms with E-state index < -0.39 is 6.04 Å². The lowest BCUT2D eigenvalue weighted by Gasteiger charge is -2.33. The van der Waals surface area contributed by atoms with Crippen LogP contribution in [0.15, 0.2) is 54.6 Å². The number of aromatic nitrogens is 2. The molecule has 1 saturated heterocycles. The van der Waals surface area contributed by atoms with Crippen molar-refractivity contribution in [3.05, 3.63) is 70.7 Å². The summed E-state index contributed by atoms with van der Waals surface area (Å²) in [6, 6.07) is 17.2. The van der Waals surface area contributed by atoms with Crippen LogP contribution < -0.4 is 10.1 Å². The first-order valence-electron chi connectivity index (χ1n) is 9.86. The van der Waals surface area contributed by atoms with Gasteiger partial charge in [0.2, 0.25) is 11.0 Å². The maximum absolute atomic E-state index is 13.2. The highest BCUT2D eigenvalue weighted by Crippen LogP contribution is 2.27. The Morgan fingerprint density at radius 3 is 2.63 bits per heavy atom. The average Bonchev–Trinajstić information content (AvgIpc) is 3.22. The fourth-order valence-corrected chi connectivity index (χ4v) is 4.33. The number of hydrogen-bond acceptors (Lipinski definition) is 7. The lowest BCUT2D eigenvalue weighted by molar-refractivity contribution is -0.123. The number of anilines is 1. The van der Waals surface area contributed by atoms with Gasteiger partial charge in [0.25, 0.3) is 0 Å². The number of ether oxygens (including phenoxy) is 2. The van der Waals surface area contributed by atoms with Crippen LogP contribution in [0.3, 0.4) is 0 Å². The van der Waals surface area contributed by atoms with Gasteiger partial charge in [-0.2, -0.15) is 0 Å². The maximum Gasteiger partial charge on any atom is 0.248 e. The number of carbonyl (C=O) groups is 1. The highest BCUT2D eigenvalue weighted by molar-refractivity contribution is 7.15. The molecule has 2 heterocycles. The van der Waals surface area contributed by atoms with Gasteiger partial charge in [0.15, 0.2) is 0 Å². The van der Waals surface area contributed by atoms with Crippen molar-refractivity contribution in [2.75, 3.05) is 38.7 Å². The Balaban J connectivity index is 1.49. The molecular weight excluding hydrogens is 400 g/mol. The molecule has 1 atom stereocenters. The van der Waals surface area contributed by atoms with E-state index in [0.717, 1.165) is 21.9 Å². The van der Waals surface area contributed by atoms with Crippen molar-refractivity contribution in [1.29, 1.82) is 0 Å². The number of hydrogen-bond donors (Lipinski definition) is 1. The van der Waals surface area contributed by atoms with E-state index in [0.29, 0.717) is 37.9 Å². The zero-order valence-corrected chi connectivity index (χ0v) is 17.6. The van der Waals surface area contributed by atoms with Crippen LogP contribution in [0.1, 0.15) is 22.2 Å². The summed E-state index contributed by atoms with van der Waals surface area (Å²) in [6.07, 6.45) is 0.600. The first-order valence-corrected chi connectivity index (χ1v) is 10.7. The van der Waals surface area contributed by atoms with Crippen molar-refractivity contribution in [2.24, 2.45) is 0 Å². The molecule has 1 fully saturated rings. The van der Waals surface area contributed by atoms with E-state index in [1.54, 1.807) is 7.11 Å². The third-order valence-corrected chi connectivity index (χ3v) is 5.84. The van der Waals surface area contributed by atoms with Gasteiger partial charge in [0.05, 0.1) is 20.3 Å². The Morgan fingerprint density at radius 2 is 1.87 bits per heavy atom. The molecule has 7 nitrogen and oxygen atoms in total. The Morgan fingerprint density at radius 1 is 1.13 bits per heavy atom. The van der Waals surface area contributed by atoms with Gasteiger partial charge in [-0.25, -0.2) is 0 Å². The van der Waals surface area contributed by atoms with Gasteiger partial charge in [-0.1, -0.05) is 59.9 Å². The Hall–Kier alpha value is -2.81. The van der Waals surface area contributed by atoms with Gasteiger partial charge >= 0.3 is 0 Å². The van der Waals surface area contributed by atoms with Gasteiger partial charge in [-0.15, -0.1) is 10.2 Å². The molecular formula is C22H24N4O3S. The molecule has 0 unspecified atom stereocenters. The largest absolute Gasteiger partial charge is 0.496 e. The SMILES string of the molecule is COc1ccccc1Cc1nnc(NC(=O)[C@H](c2ccccc2)N2CCOCC2)s1. The van der Waals surface area contributed by atoms with Crippen molar-refractivity contribution in [3.63, 3.8) is 0 Å². The Kier molecular flexibility index (Phi) is 6.68. The number of amides is 1. The lowest BCUT2D eigenvalue weighted by atomic mass is 10.0. The quantitative estimate of drug-likeness (QED) is 0.628. The fourth-order valence-electron chi connectivity index (χ4n) is 3.56. The van der Waals surface area contributed by atoms with Crippen LogP contribution in [0.4, 0.5) is 5.13 Å². The van der Waals surface area contributed by atoms with Crippen LogP contribution >= 0.6 is 11.3 Å². The van der Waals surface area contributed by atoms with Crippen molar-refractivity contribution >= 4 is 22.4 Å². The predicted molar refractivity (Wildman–Crippen MR) is 116 cm³/mol. The summed E-state index contributed by atoms with van der Waals surface area (Å²) in [5.74, 6) is 0.706. The summed E-state index contributed by atoms with van der Waals surface area (Å²) in [5.41, 5.74) is 1.99. The van der Waals surface area contributed by atoms with E-state index in [9.17, 15) is 4.79 Å². The maximum atomic E-state index is 13.2. The van der Waals surface area contributed by atoms with E-state index in [4.69, 9.17) is 9.47 Å². The number of para-hydroxylation sites is 1. The molecule has 1 aromatic heterocycles. The second-order valence-electron chi connectivity index (χ2n) is 6.94. The van der Waals surface area contributed by atoms with E-state index in [1.165, 1.54) is 11.3 Å². The number of rotatable bonds is 7. The highest BCUT2D eigenvalue weighted by atomic mass is 32.1. The van der Waals surface area contributed by atoms with Crippen molar-refractivity contribution < 1.29 is 14.3 Å². The van der Waals surface area contributed by atoms with Crippen LogP contribution in [0.5, 0.6) is 5.75 Å². The Bertz CT molecular complexity index is 973. The number of nitrogens with zero attached hydrogens (tertiary/aromatic N) is 3. The molecule has 1 aliphatic rings. The zero-order chi connectivity index (χ0) is 20.8. The van der Waals surface area contributed by atoms with Crippen LogP contribution in [0.25, 0.3) is 0 Å². The monoisotopic (exact) mass is 424 g/mol. The average molecular weight is 425 g/mol.